The van der Waals surface area contributed by atoms with Crippen LogP contribution in [-0.2, 0) is 12.2 Å². The molecule has 0 heterocycles. The second kappa shape index (κ2) is 5.59. The van der Waals surface area contributed by atoms with Gasteiger partial charge in [-0.3, -0.25) is 0 Å². The standard InChI is InChI=1S/C11H13F3OS/c1-16-7-9-5-3-2-4-8(9)6-10(15)11(12,13)14/h2-5,10,15H,6-7H2,1H3. The van der Waals surface area contributed by atoms with Gasteiger partial charge in [0.1, 0.15) is 0 Å². The monoisotopic (exact) mass is 250 g/mol. The van der Waals surface area contributed by atoms with Crippen LogP contribution in [0.1, 0.15) is 11.1 Å². The molecule has 1 nitrogen and oxygen atoms in total. The third-order valence-corrected chi connectivity index (χ3v) is 2.81. The van der Waals surface area contributed by atoms with Crippen molar-refractivity contribution in [3.63, 3.8) is 0 Å². The number of halogens is 3. The van der Waals surface area contributed by atoms with E-state index in [2.05, 4.69) is 0 Å². The Morgan fingerprint density at radius 1 is 1.25 bits per heavy atom. The molecule has 0 aliphatic heterocycles. The van der Waals surface area contributed by atoms with Crippen LogP contribution < -0.4 is 0 Å². The molecule has 16 heavy (non-hydrogen) atoms. The van der Waals surface area contributed by atoms with Crippen LogP contribution >= 0.6 is 11.8 Å². The summed E-state index contributed by atoms with van der Waals surface area (Å²) in [4.78, 5) is 0. The lowest BCUT2D eigenvalue weighted by Crippen LogP contribution is -2.30. The Kier molecular flexibility index (Phi) is 4.68. The highest BCUT2D eigenvalue weighted by Crippen LogP contribution is 2.25. The van der Waals surface area contributed by atoms with Gasteiger partial charge in [-0.05, 0) is 17.4 Å². The van der Waals surface area contributed by atoms with Crippen molar-refractivity contribution < 1.29 is 18.3 Å². The molecule has 1 atom stereocenters. The smallest absolute Gasteiger partial charge is 0.383 e. The molecule has 1 unspecified atom stereocenters. The maximum Gasteiger partial charge on any atom is 0.414 e. The van der Waals surface area contributed by atoms with Crippen LogP contribution in [0.15, 0.2) is 24.3 Å². The van der Waals surface area contributed by atoms with Gasteiger partial charge in [-0.1, -0.05) is 24.3 Å². The van der Waals surface area contributed by atoms with Crippen molar-refractivity contribution in [1.82, 2.24) is 0 Å². The predicted octanol–water partition coefficient (Wildman–Crippen LogP) is 3.02. The number of hydrogen-bond donors (Lipinski definition) is 1. The molecule has 5 heteroatoms. The molecule has 0 saturated heterocycles. The SMILES string of the molecule is CSCc1ccccc1CC(O)C(F)(F)F. The zero-order valence-electron chi connectivity index (χ0n) is 8.79. The molecule has 0 bridgehead atoms. The molecule has 1 N–H and O–H groups in total. The Labute approximate surface area is 96.7 Å². The van der Waals surface area contributed by atoms with Crippen LogP contribution in [0, 0.1) is 0 Å². The molecular formula is C11H13F3OS. The average Bonchev–Trinajstić information content (AvgIpc) is 2.20. The van der Waals surface area contributed by atoms with Crippen molar-refractivity contribution in [2.75, 3.05) is 6.26 Å². The molecule has 0 fully saturated rings. The van der Waals surface area contributed by atoms with Crippen LogP contribution in [0.5, 0.6) is 0 Å². The van der Waals surface area contributed by atoms with E-state index in [-0.39, 0.29) is 6.42 Å². The maximum absolute atomic E-state index is 12.2. The van der Waals surface area contributed by atoms with Crippen LogP contribution in [0.4, 0.5) is 13.2 Å². The van der Waals surface area contributed by atoms with E-state index in [1.165, 1.54) is 0 Å². The number of benzene rings is 1. The highest BCUT2D eigenvalue weighted by molar-refractivity contribution is 7.97. The summed E-state index contributed by atoms with van der Waals surface area (Å²) < 4.78 is 36.6. The fourth-order valence-electron chi connectivity index (χ4n) is 1.38. The molecule has 1 aromatic carbocycles. The van der Waals surface area contributed by atoms with Crippen LogP contribution in [-0.4, -0.2) is 23.6 Å². The number of aliphatic hydroxyl groups is 1. The van der Waals surface area contributed by atoms with E-state index in [9.17, 15) is 13.2 Å². The third-order valence-electron chi connectivity index (χ3n) is 2.21. The van der Waals surface area contributed by atoms with Crippen molar-refractivity contribution in [3.05, 3.63) is 35.4 Å². The summed E-state index contributed by atoms with van der Waals surface area (Å²) in [5.41, 5.74) is 1.40. The highest BCUT2D eigenvalue weighted by atomic mass is 32.2. The van der Waals surface area contributed by atoms with Crippen molar-refractivity contribution in [2.45, 2.75) is 24.5 Å². The summed E-state index contributed by atoms with van der Waals surface area (Å²) in [6, 6.07) is 6.88. The van der Waals surface area contributed by atoms with Gasteiger partial charge >= 0.3 is 6.18 Å². The Hall–Kier alpha value is -0.680. The Morgan fingerprint density at radius 2 is 1.81 bits per heavy atom. The Balaban J connectivity index is 2.80. The molecule has 0 radical (unpaired) electrons. The van der Waals surface area contributed by atoms with E-state index in [0.717, 1.165) is 5.56 Å². The minimum absolute atomic E-state index is 0.375. The zero-order valence-corrected chi connectivity index (χ0v) is 9.61. The molecule has 0 saturated carbocycles. The molecule has 1 rings (SSSR count). The largest absolute Gasteiger partial charge is 0.414 e. The van der Waals surface area contributed by atoms with Gasteiger partial charge in [-0.25, -0.2) is 0 Å². The fraction of sp³-hybridized carbons (Fsp3) is 0.455. The molecular weight excluding hydrogens is 237 g/mol. The molecule has 0 spiro atoms. The Bertz CT molecular complexity index is 338. The van der Waals surface area contributed by atoms with Crippen LogP contribution in [0.3, 0.4) is 0 Å². The van der Waals surface area contributed by atoms with Crippen molar-refractivity contribution in [3.8, 4) is 0 Å². The summed E-state index contributed by atoms with van der Waals surface area (Å²) in [5, 5.41) is 9.00. The molecule has 0 aliphatic carbocycles. The number of aliphatic hydroxyl groups excluding tert-OH is 1. The highest BCUT2D eigenvalue weighted by Gasteiger charge is 2.38. The first-order valence-corrected chi connectivity index (χ1v) is 6.15. The Morgan fingerprint density at radius 3 is 2.31 bits per heavy atom. The van der Waals surface area contributed by atoms with Gasteiger partial charge < -0.3 is 5.11 Å². The number of thioether (sulfide) groups is 1. The van der Waals surface area contributed by atoms with Gasteiger partial charge in [0.2, 0.25) is 0 Å². The van der Waals surface area contributed by atoms with E-state index in [0.29, 0.717) is 11.3 Å². The summed E-state index contributed by atoms with van der Waals surface area (Å²) in [5.74, 6) is 0.654. The zero-order chi connectivity index (χ0) is 12.2. The van der Waals surface area contributed by atoms with Crippen LogP contribution in [0.25, 0.3) is 0 Å². The van der Waals surface area contributed by atoms with E-state index < -0.39 is 12.3 Å². The van der Waals surface area contributed by atoms with Gasteiger partial charge in [0.05, 0.1) is 0 Å². The first kappa shape index (κ1) is 13.4. The van der Waals surface area contributed by atoms with Gasteiger partial charge in [-0.2, -0.15) is 24.9 Å². The number of rotatable bonds is 4. The van der Waals surface area contributed by atoms with Gasteiger partial charge in [0.15, 0.2) is 6.10 Å². The second-order valence-corrected chi connectivity index (χ2v) is 4.33. The predicted molar refractivity (Wildman–Crippen MR) is 59.4 cm³/mol. The summed E-state index contributed by atoms with van der Waals surface area (Å²) >= 11 is 1.54. The van der Waals surface area contributed by atoms with Gasteiger partial charge in [-0.15, -0.1) is 0 Å². The van der Waals surface area contributed by atoms with Crippen molar-refractivity contribution in [1.29, 1.82) is 0 Å². The quantitative estimate of drug-likeness (QED) is 0.886. The van der Waals surface area contributed by atoms with Gasteiger partial charge in [0, 0.05) is 12.2 Å². The summed E-state index contributed by atoms with van der Waals surface area (Å²) in [6.07, 6.45) is -5.32. The summed E-state index contributed by atoms with van der Waals surface area (Å²) in [7, 11) is 0. The second-order valence-electron chi connectivity index (χ2n) is 3.46. The normalized spacial score (nSPS) is 13.8. The lowest BCUT2D eigenvalue weighted by molar-refractivity contribution is -0.203. The molecule has 1 aromatic rings. The topological polar surface area (TPSA) is 20.2 Å². The number of hydrogen-bond acceptors (Lipinski definition) is 2. The first-order chi connectivity index (χ1) is 7.45. The third kappa shape index (κ3) is 3.72. The lowest BCUT2D eigenvalue weighted by Gasteiger charge is -2.16. The van der Waals surface area contributed by atoms with E-state index in [1.807, 2.05) is 6.26 Å². The lowest BCUT2D eigenvalue weighted by atomic mass is 10.0. The minimum atomic E-state index is -4.55. The van der Waals surface area contributed by atoms with E-state index in [1.54, 1.807) is 36.0 Å². The van der Waals surface area contributed by atoms with E-state index >= 15 is 0 Å². The van der Waals surface area contributed by atoms with Crippen LogP contribution in [0.2, 0.25) is 0 Å². The maximum atomic E-state index is 12.2. The van der Waals surface area contributed by atoms with Gasteiger partial charge in [0.25, 0.3) is 0 Å². The average molecular weight is 250 g/mol. The first-order valence-electron chi connectivity index (χ1n) is 4.75. The summed E-state index contributed by atoms with van der Waals surface area (Å²) in [6.45, 7) is 0. The van der Waals surface area contributed by atoms with Crippen molar-refractivity contribution >= 4 is 11.8 Å². The minimum Gasteiger partial charge on any atom is -0.383 e. The van der Waals surface area contributed by atoms with Crippen molar-refractivity contribution in [2.24, 2.45) is 0 Å². The molecule has 0 aliphatic rings. The van der Waals surface area contributed by atoms with E-state index in [4.69, 9.17) is 5.11 Å². The fourth-order valence-corrected chi connectivity index (χ4v) is 1.97. The molecule has 0 aromatic heterocycles. The molecule has 0 amide bonds. The number of alkyl halides is 3. The molecule has 90 valence electrons.